The Kier molecular flexibility index (Phi) is 6.40. The van der Waals surface area contributed by atoms with Gasteiger partial charge in [-0.1, -0.05) is 62.4 Å². The van der Waals surface area contributed by atoms with Gasteiger partial charge in [-0.15, -0.1) is 0 Å². The van der Waals surface area contributed by atoms with Crippen LogP contribution in [-0.4, -0.2) is 52.4 Å². The van der Waals surface area contributed by atoms with Gasteiger partial charge in [0, 0.05) is 11.3 Å². The van der Waals surface area contributed by atoms with Crippen molar-refractivity contribution >= 4 is 17.7 Å². The lowest BCUT2D eigenvalue weighted by Gasteiger charge is -2.48. The van der Waals surface area contributed by atoms with Crippen molar-refractivity contribution in [2.75, 3.05) is 6.61 Å². The van der Waals surface area contributed by atoms with E-state index in [1.54, 1.807) is 80.6 Å². The molecule has 214 valence electrons. The molecule has 2 saturated carbocycles. The summed E-state index contributed by atoms with van der Waals surface area (Å²) in [6, 6.07) is 17.3. The molecule has 2 aromatic carbocycles. The highest BCUT2D eigenvalue weighted by Crippen LogP contribution is 2.72. The number of Topliss-reactive ketones (excluding diaryl/α,β-unsaturated/α-hetero) is 1. The van der Waals surface area contributed by atoms with Crippen LogP contribution in [0.5, 0.6) is 0 Å². The number of ketones is 1. The van der Waals surface area contributed by atoms with Crippen LogP contribution in [0, 0.1) is 34.5 Å². The number of benzene rings is 2. The van der Waals surface area contributed by atoms with Crippen molar-refractivity contribution in [2.45, 2.75) is 51.9 Å². The fraction of sp³-hybridized carbons (Fsp3) is 0.441. The standard InChI is InChI=1S/C34H36O7/c1-19-15-24-26-25(32(26,4)18-40-30(37)22-11-7-5-8-12-22)16-21(3)33(28(24)36)17-20(2)29(34(33,39)27(19)35)41-31(38)23-13-9-6-10-14-23/h5-15,17,21,24-27,29,35,39H,16,18H2,1-4H3/t21-,24?,25-,26+,27-,29+,32-,33+,34+/m1/s1. The van der Waals surface area contributed by atoms with E-state index in [1.165, 1.54) is 0 Å². The highest BCUT2D eigenvalue weighted by Gasteiger charge is 2.77. The first kappa shape index (κ1) is 27.6. The molecule has 4 aliphatic rings. The van der Waals surface area contributed by atoms with Crippen molar-refractivity contribution < 1.29 is 34.1 Å². The maximum Gasteiger partial charge on any atom is 0.338 e. The molecule has 0 heterocycles. The number of allylic oxidation sites excluding steroid dienone is 1. The summed E-state index contributed by atoms with van der Waals surface area (Å²) in [7, 11) is 0. The minimum Gasteiger partial charge on any atom is -0.461 e. The molecule has 0 amide bonds. The van der Waals surface area contributed by atoms with Crippen molar-refractivity contribution in [3.8, 4) is 0 Å². The van der Waals surface area contributed by atoms with Crippen LogP contribution in [0.15, 0.2) is 84.0 Å². The maximum absolute atomic E-state index is 14.7. The van der Waals surface area contributed by atoms with Crippen LogP contribution in [-0.2, 0) is 14.3 Å². The Labute approximate surface area is 239 Å². The highest BCUT2D eigenvalue weighted by atomic mass is 16.6. The number of ether oxygens (including phenoxy) is 2. The third-order valence-electron chi connectivity index (χ3n) is 10.4. The van der Waals surface area contributed by atoms with Gasteiger partial charge in [-0.25, -0.2) is 9.59 Å². The zero-order valence-electron chi connectivity index (χ0n) is 23.7. The van der Waals surface area contributed by atoms with Crippen LogP contribution in [0.4, 0.5) is 0 Å². The fourth-order valence-corrected chi connectivity index (χ4v) is 8.23. The molecular formula is C34H36O7. The first-order chi connectivity index (χ1) is 19.5. The van der Waals surface area contributed by atoms with Crippen LogP contribution in [0.25, 0.3) is 0 Å². The van der Waals surface area contributed by atoms with Gasteiger partial charge >= 0.3 is 11.9 Å². The number of fused-ring (bicyclic) bond motifs is 3. The SMILES string of the molecule is CC1=CC2C(=O)[C@]3(C=C(C)[C@H](OC(=O)c4ccccc4)[C@@]3(O)[C@@H]1O)[C@H](C)C[C@@H]1[C@H]2[C@]1(C)COC(=O)c1ccccc1. The average Bonchev–Trinajstić information content (AvgIpc) is 3.51. The van der Waals surface area contributed by atoms with Gasteiger partial charge in [-0.3, -0.25) is 4.79 Å². The second-order valence-electron chi connectivity index (χ2n) is 12.7. The molecule has 2 N–H and O–H groups in total. The zero-order valence-corrected chi connectivity index (χ0v) is 23.7. The number of carbonyl (C=O) groups excluding carboxylic acids is 3. The van der Waals surface area contributed by atoms with Crippen LogP contribution in [0.3, 0.4) is 0 Å². The number of hydrogen-bond donors (Lipinski definition) is 2. The molecule has 0 radical (unpaired) electrons. The summed E-state index contributed by atoms with van der Waals surface area (Å²) in [5.74, 6) is -2.25. The number of aliphatic hydroxyl groups is 2. The topological polar surface area (TPSA) is 110 Å². The molecule has 1 unspecified atom stereocenters. The monoisotopic (exact) mass is 556 g/mol. The quantitative estimate of drug-likeness (QED) is 0.411. The summed E-state index contributed by atoms with van der Waals surface area (Å²) < 4.78 is 11.7. The third kappa shape index (κ3) is 3.82. The molecule has 41 heavy (non-hydrogen) atoms. The first-order valence-corrected chi connectivity index (χ1v) is 14.3. The van der Waals surface area contributed by atoms with Gasteiger partial charge in [0.15, 0.2) is 17.5 Å². The molecule has 1 spiro atoms. The van der Waals surface area contributed by atoms with Crippen molar-refractivity contribution in [1.29, 1.82) is 0 Å². The fourth-order valence-electron chi connectivity index (χ4n) is 8.23. The molecule has 0 saturated heterocycles. The van der Waals surface area contributed by atoms with Crippen molar-refractivity contribution in [3.05, 3.63) is 95.1 Å². The molecule has 7 heteroatoms. The Hall–Kier alpha value is -3.55. The molecule has 2 fully saturated rings. The lowest BCUT2D eigenvalue weighted by Crippen LogP contribution is -2.65. The second kappa shape index (κ2) is 9.50. The second-order valence-corrected chi connectivity index (χ2v) is 12.7. The van der Waals surface area contributed by atoms with Gasteiger partial charge < -0.3 is 19.7 Å². The number of aliphatic hydroxyl groups excluding tert-OH is 1. The predicted molar refractivity (Wildman–Crippen MR) is 151 cm³/mol. The van der Waals surface area contributed by atoms with Crippen molar-refractivity contribution in [2.24, 2.45) is 34.5 Å². The Morgan fingerprint density at radius 1 is 0.951 bits per heavy atom. The van der Waals surface area contributed by atoms with E-state index in [-0.39, 0.29) is 30.1 Å². The lowest BCUT2D eigenvalue weighted by molar-refractivity contribution is -0.190. The first-order valence-electron chi connectivity index (χ1n) is 14.3. The molecule has 0 aliphatic heterocycles. The largest absolute Gasteiger partial charge is 0.461 e. The third-order valence-corrected chi connectivity index (χ3v) is 10.4. The van der Waals surface area contributed by atoms with E-state index in [0.29, 0.717) is 28.7 Å². The smallest absolute Gasteiger partial charge is 0.338 e. The Morgan fingerprint density at radius 2 is 1.54 bits per heavy atom. The Balaban J connectivity index is 1.33. The number of rotatable bonds is 5. The van der Waals surface area contributed by atoms with Crippen LogP contribution in [0.2, 0.25) is 0 Å². The lowest BCUT2D eigenvalue weighted by atomic mass is 9.59. The van der Waals surface area contributed by atoms with Gasteiger partial charge in [0.05, 0.1) is 23.1 Å². The van der Waals surface area contributed by atoms with Gasteiger partial charge in [0.2, 0.25) is 0 Å². The van der Waals surface area contributed by atoms with E-state index >= 15 is 0 Å². The number of esters is 2. The molecule has 6 rings (SSSR count). The van der Waals surface area contributed by atoms with E-state index < -0.39 is 46.5 Å². The molecule has 2 bridgehead atoms. The van der Waals surface area contributed by atoms with Crippen LogP contribution < -0.4 is 0 Å². The minimum absolute atomic E-state index is 0.0672. The number of hydrogen-bond acceptors (Lipinski definition) is 7. The molecule has 9 atom stereocenters. The Bertz CT molecular complexity index is 1460. The molecule has 2 aromatic rings. The molecule has 4 aliphatic carbocycles. The summed E-state index contributed by atoms with van der Waals surface area (Å²) in [6.07, 6.45) is 1.48. The highest BCUT2D eigenvalue weighted by molar-refractivity contribution is 5.96. The van der Waals surface area contributed by atoms with Gasteiger partial charge in [-0.05, 0) is 73.4 Å². The maximum atomic E-state index is 14.7. The van der Waals surface area contributed by atoms with E-state index in [9.17, 15) is 24.6 Å². The molecule has 7 nitrogen and oxygen atoms in total. The van der Waals surface area contributed by atoms with Crippen molar-refractivity contribution in [1.82, 2.24) is 0 Å². The van der Waals surface area contributed by atoms with E-state index in [0.717, 1.165) is 0 Å². The van der Waals surface area contributed by atoms with E-state index in [1.807, 2.05) is 13.0 Å². The summed E-state index contributed by atoms with van der Waals surface area (Å²) in [5.41, 5.74) is -2.16. The normalized spacial score (nSPS) is 38.8. The van der Waals surface area contributed by atoms with Gasteiger partial charge in [0.25, 0.3) is 0 Å². The zero-order chi connectivity index (χ0) is 29.3. The van der Waals surface area contributed by atoms with Crippen LogP contribution >= 0.6 is 0 Å². The van der Waals surface area contributed by atoms with Gasteiger partial charge in [0.1, 0.15) is 6.10 Å². The molecule has 0 aromatic heterocycles. The van der Waals surface area contributed by atoms with E-state index in [4.69, 9.17) is 9.47 Å². The number of carbonyl (C=O) groups is 3. The molecular weight excluding hydrogens is 520 g/mol. The van der Waals surface area contributed by atoms with E-state index in [2.05, 4.69) is 6.92 Å². The van der Waals surface area contributed by atoms with Crippen molar-refractivity contribution in [3.63, 3.8) is 0 Å². The van der Waals surface area contributed by atoms with Crippen LogP contribution in [0.1, 0.15) is 54.8 Å². The summed E-state index contributed by atoms with van der Waals surface area (Å²) in [5, 5.41) is 24.2. The van der Waals surface area contributed by atoms with Gasteiger partial charge in [-0.2, -0.15) is 0 Å². The predicted octanol–water partition coefficient (Wildman–Crippen LogP) is 4.54. The average molecular weight is 557 g/mol. The summed E-state index contributed by atoms with van der Waals surface area (Å²) >= 11 is 0. The minimum atomic E-state index is -2.07. The summed E-state index contributed by atoms with van der Waals surface area (Å²) in [4.78, 5) is 40.5. The summed E-state index contributed by atoms with van der Waals surface area (Å²) in [6.45, 7) is 7.60. The Morgan fingerprint density at radius 3 is 2.15 bits per heavy atom.